The number of carboxylic acids is 1. The summed E-state index contributed by atoms with van der Waals surface area (Å²) < 4.78 is 0. The van der Waals surface area contributed by atoms with Gasteiger partial charge in [-0.15, -0.1) is 0 Å². The molecule has 1 saturated heterocycles. The lowest BCUT2D eigenvalue weighted by Crippen LogP contribution is -2.36. The normalized spacial score (nSPS) is 26.9. The standard InChI is InChI=1S/C10H19NO2S/c1-8(7-10(12)13)11-4-3-9(2)14-6-5-11/h8-9H,3-7H2,1-2H3,(H,12,13). The Labute approximate surface area is 89.9 Å². The molecule has 0 aliphatic carbocycles. The summed E-state index contributed by atoms with van der Waals surface area (Å²) >= 11 is 1.99. The predicted octanol–water partition coefficient (Wildman–Crippen LogP) is 1.68. The number of carbonyl (C=O) groups is 1. The molecule has 1 aliphatic heterocycles. The fourth-order valence-electron chi connectivity index (χ4n) is 1.74. The van der Waals surface area contributed by atoms with Crippen molar-refractivity contribution < 1.29 is 9.90 Å². The molecule has 2 unspecified atom stereocenters. The summed E-state index contributed by atoms with van der Waals surface area (Å²) in [6, 6.07) is 0.179. The number of rotatable bonds is 3. The Balaban J connectivity index is 2.38. The molecule has 0 radical (unpaired) electrons. The zero-order chi connectivity index (χ0) is 10.6. The Morgan fingerprint density at radius 1 is 1.64 bits per heavy atom. The third-order valence-corrected chi connectivity index (χ3v) is 3.92. The molecular formula is C10H19NO2S. The smallest absolute Gasteiger partial charge is 0.304 e. The van der Waals surface area contributed by atoms with Crippen LogP contribution in [0, 0.1) is 0 Å². The van der Waals surface area contributed by atoms with Crippen molar-refractivity contribution >= 4 is 17.7 Å². The average Bonchev–Trinajstić information content (AvgIpc) is 2.28. The van der Waals surface area contributed by atoms with Crippen molar-refractivity contribution in [3.05, 3.63) is 0 Å². The number of hydrogen-bond donors (Lipinski definition) is 1. The molecule has 0 aromatic heterocycles. The number of carboxylic acid groups (broad SMARTS) is 1. The second-order valence-corrected chi connectivity index (χ2v) is 5.50. The van der Waals surface area contributed by atoms with E-state index < -0.39 is 5.97 Å². The van der Waals surface area contributed by atoms with E-state index in [0.29, 0.717) is 0 Å². The number of hydrogen-bond acceptors (Lipinski definition) is 3. The maximum absolute atomic E-state index is 10.6. The molecule has 0 spiro atoms. The summed E-state index contributed by atoms with van der Waals surface area (Å²) in [5.74, 6) is 0.438. The maximum atomic E-state index is 10.6. The van der Waals surface area contributed by atoms with E-state index in [1.165, 1.54) is 6.42 Å². The van der Waals surface area contributed by atoms with Crippen LogP contribution in [-0.2, 0) is 4.79 Å². The number of nitrogens with zero attached hydrogens (tertiary/aromatic N) is 1. The van der Waals surface area contributed by atoms with Crippen molar-refractivity contribution in [2.45, 2.75) is 38.0 Å². The van der Waals surface area contributed by atoms with Gasteiger partial charge in [-0.05, 0) is 19.9 Å². The van der Waals surface area contributed by atoms with E-state index in [1.54, 1.807) is 0 Å². The molecule has 1 aliphatic rings. The SMILES string of the molecule is CC1CCN(C(C)CC(=O)O)CCS1. The van der Waals surface area contributed by atoms with Gasteiger partial charge >= 0.3 is 5.97 Å². The van der Waals surface area contributed by atoms with Gasteiger partial charge in [0.15, 0.2) is 0 Å². The van der Waals surface area contributed by atoms with Gasteiger partial charge in [0.05, 0.1) is 6.42 Å². The van der Waals surface area contributed by atoms with Crippen LogP contribution in [0.1, 0.15) is 26.7 Å². The van der Waals surface area contributed by atoms with E-state index in [1.807, 2.05) is 18.7 Å². The Kier molecular flexibility index (Phi) is 4.75. The van der Waals surface area contributed by atoms with Gasteiger partial charge in [-0.3, -0.25) is 9.69 Å². The van der Waals surface area contributed by atoms with Crippen molar-refractivity contribution in [1.29, 1.82) is 0 Å². The maximum Gasteiger partial charge on any atom is 0.304 e. The van der Waals surface area contributed by atoms with Crippen LogP contribution >= 0.6 is 11.8 Å². The van der Waals surface area contributed by atoms with Crippen molar-refractivity contribution in [3.63, 3.8) is 0 Å². The van der Waals surface area contributed by atoms with Crippen LogP contribution in [-0.4, -0.2) is 46.1 Å². The third-order valence-electron chi connectivity index (χ3n) is 2.70. The lowest BCUT2D eigenvalue weighted by atomic mass is 10.2. The molecule has 82 valence electrons. The molecule has 1 N–H and O–H groups in total. The first-order valence-corrected chi connectivity index (χ1v) is 6.22. The Morgan fingerprint density at radius 3 is 3.00 bits per heavy atom. The van der Waals surface area contributed by atoms with Crippen molar-refractivity contribution in [1.82, 2.24) is 4.90 Å². The zero-order valence-electron chi connectivity index (χ0n) is 8.90. The zero-order valence-corrected chi connectivity index (χ0v) is 9.72. The summed E-state index contributed by atoms with van der Waals surface area (Å²) in [5, 5.41) is 9.42. The molecule has 0 aromatic rings. The topological polar surface area (TPSA) is 40.5 Å². The number of aliphatic carboxylic acids is 1. The third kappa shape index (κ3) is 3.88. The lowest BCUT2D eigenvalue weighted by molar-refractivity contribution is -0.138. The number of thioether (sulfide) groups is 1. The second kappa shape index (κ2) is 5.61. The summed E-state index contributed by atoms with van der Waals surface area (Å²) in [7, 11) is 0. The molecular weight excluding hydrogens is 198 g/mol. The Hall–Kier alpha value is -0.220. The largest absolute Gasteiger partial charge is 0.481 e. The van der Waals surface area contributed by atoms with Crippen molar-refractivity contribution in [2.75, 3.05) is 18.8 Å². The molecule has 0 saturated carbocycles. The molecule has 2 atom stereocenters. The van der Waals surface area contributed by atoms with Crippen LogP contribution in [0.4, 0.5) is 0 Å². The fraction of sp³-hybridized carbons (Fsp3) is 0.900. The highest BCUT2D eigenvalue weighted by molar-refractivity contribution is 7.99. The highest BCUT2D eigenvalue weighted by atomic mass is 32.2. The summed E-state index contributed by atoms with van der Waals surface area (Å²) in [5.41, 5.74) is 0. The van der Waals surface area contributed by atoms with E-state index in [9.17, 15) is 4.79 Å². The minimum absolute atomic E-state index is 0.179. The van der Waals surface area contributed by atoms with Crippen LogP contribution < -0.4 is 0 Å². The first-order chi connectivity index (χ1) is 6.59. The van der Waals surface area contributed by atoms with E-state index in [-0.39, 0.29) is 12.5 Å². The molecule has 0 aromatic carbocycles. The highest BCUT2D eigenvalue weighted by Crippen LogP contribution is 2.20. The summed E-state index contributed by atoms with van der Waals surface area (Å²) in [4.78, 5) is 12.9. The molecule has 1 rings (SSSR count). The molecule has 14 heavy (non-hydrogen) atoms. The minimum atomic E-state index is -0.692. The van der Waals surface area contributed by atoms with Gasteiger partial charge in [-0.2, -0.15) is 11.8 Å². The summed E-state index contributed by atoms with van der Waals surface area (Å²) in [6.45, 7) is 6.33. The van der Waals surface area contributed by atoms with E-state index in [2.05, 4.69) is 11.8 Å². The second-order valence-electron chi connectivity index (χ2n) is 3.95. The van der Waals surface area contributed by atoms with E-state index >= 15 is 0 Å². The van der Waals surface area contributed by atoms with Gasteiger partial charge in [0.2, 0.25) is 0 Å². The van der Waals surface area contributed by atoms with Gasteiger partial charge in [-0.1, -0.05) is 6.92 Å². The minimum Gasteiger partial charge on any atom is -0.481 e. The molecule has 0 bridgehead atoms. The average molecular weight is 217 g/mol. The predicted molar refractivity (Wildman–Crippen MR) is 59.8 cm³/mol. The van der Waals surface area contributed by atoms with Crippen LogP contribution in [0.3, 0.4) is 0 Å². The first kappa shape index (κ1) is 11.9. The van der Waals surface area contributed by atoms with Gasteiger partial charge in [0, 0.05) is 23.6 Å². The van der Waals surface area contributed by atoms with Gasteiger partial charge in [0.25, 0.3) is 0 Å². The Bertz CT molecular complexity index is 199. The van der Waals surface area contributed by atoms with Crippen LogP contribution in [0.5, 0.6) is 0 Å². The summed E-state index contributed by atoms with van der Waals surface area (Å²) in [6.07, 6.45) is 1.44. The van der Waals surface area contributed by atoms with Gasteiger partial charge in [0.1, 0.15) is 0 Å². The lowest BCUT2D eigenvalue weighted by Gasteiger charge is -2.25. The van der Waals surface area contributed by atoms with Crippen molar-refractivity contribution in [3.8, 4) is 0 Å². The monoisotopic (exact) mass is 217 g/mol. The first-order valence-electron chi connectivity index (χ1n) is 5.17. The van der Waals surface area contributed by atoms with Gasteiger partial charge < -0.3 is 5.11 Å². The van der Waals surface area contributed by atoms with Crippen molar-refractivity contribution in [2.24, 2.45) is 0 Å². The van der Waals surface area contributed by atoms with Crippen LogP contribution in [0.25, 0.3) is 0 Å². The molecule has 0 amide bonds. The van der Waals surface area contributed by atoms with E-state index in [4.69, 9.17) is 5.11 Å². The van der Waals surface area contributed by atoms with Crippen LogP contribution in [0.15, 0.2) is 0 Å². The highest BCUT2D eigenvalue weighted by Gasteiger charge is 2.20. The molecule has 1 fully saturated rings. The molecule has 3 nitrogen and oxygen atoms in total. The van der Waals surface area contributed by atoms with E-state index in [0.717, 1.165) is 24.1 Å². The quantitative estimate of drug-likeness (QED) is 0.781. The van der Waals surface area contributed by atoms with Crippen LogP contribution in [0.2, 0.25) is 0 Å². The molecule has 4 heteroatoms. The molecule has 1 heterocycles. The fourth-order valence-corrected chi connectivity index (χ4v) is 2.75. The Morgan fingerprint density at radius 2 is 2.36 bits per heavy atom. The van der Waals surface area contributed by atoms with Gasteiger partial charge in [-0.25, -0.2) is 0 Å².